The van der Waals surface area contributed by atoms with Crippen molar-refractivity contribution in [1.29, 1.82) is 0 Å². The Morgan fingerprint density at radius 1 is 0.919 bits per heavy atom. The zero-order valence-corrected chi connectivity index (χ0v) is 20.6. The van der Waals surface area contributed by atoms with E-state index in [0.717, 1.165) is 22.0 Å². The summed E-state index contributed by atoms with van der Waals surface area (Å²) in [5, 5.41) is 8.45. The third kappa shape index (κ3) is 4.58. The maximum Gasteiger partial charge on any atom is 0.159 e. The summed E-state index contributed by atoms with van der Waals surface area (Å²) in [5.41, 5.74) is 6.60. The van der Waals surface area contributed by atoms with Gasteiger partial charge in [0.15, 0.2) is 5.82 Å². The Hall–Kier alpha value is -4.44. The molecule has 0 aliphatic carbocycles. The first-order valence-electron chi connectivity index (χ1n) is 11.5. The number of aryl methyl sites for hydroxylation is 1. The average Bonchev–Trinajstić information content (AvgIpc) is 3.51. The molecule has 0 saturated carbocycles. The number of benzene rings is 2. The minimum atomic E-state index is -3.17. The van der Waals surface area contributed by atoms with Gasteiger partial charge < -0.3 is 4.98 Å². The molecule has 37 heavy (non-hydrogen) atoms. The lowest BCUT2D eigenvalue weighted by Gasteiger charge is -2.07. The highest BCUT2D eigenvalue weighted by Gasteiger charge is 2.17. The standard InChI is InChI=1S/C27H21FN6O2S/c1-37(35,36)8-6-16-9-19(11-20(28)10-16)22-14-30-15-24-25(22)32-27(31-24)26-21-12-17(4-5-23(21)33-34-26)18-3-2-7-29-13-18/h2-5,7,9-15H,6,8H2,1H3,(H,31,32)(H,33,34). The zero-order chi connectivity index (χ0) is 25.6. The zero-order valence-electron chi connectivity index (χ0n) is 19.7. The summed E-state index contributed by atoms with van der Waals surface area (Å²) < 4.78 is 37.7. The van der Waals surface area contributed by atoms with Crippen molar-refractivity contribution >= 4 is 31.8 Å². The SMILES string of the molecule is CS(=O)(=O)CCc1cc(F)cc(-c2cncc3[nH]c(-c4n[nH]c5ccc(-c6cccnc6)cc45)nc23)c1. The minimum absolute atomic E-state index is 0.0574. The van der Waals surface area contributed by atoms with Crippen LogP contribution in [0.3, 0.4) is 0 Å². The topological polar surface area (TPSA) is 117 Å². The Bertz CT molecular complexity index is 1880. The van der Waals surface area contributed by atoms with Crippen molar-refractivity contribution in [2.75, 3.05) is 12.0 Å². The smallest absolute Gasteiger partial charge is 0.159 e. The lowest BCUT2D eigenvalue weighted by atomic mass is 10.0. The number of hydrogen-bond donors (Lipinski definition) is 2. The summed E-state index contributed by atoms with van der Waals surface area (Å²) in [6.07, 6.45) is 8.22. The Labute approximate surface area is 211 Å². The van der Waals surface area contributed by atoms with E-state index < -0.39 is 15.7 Å². The van der Waals surface area contributed by atoms with Crippen LogP contribution in [0, 0.1) is 5.82 Å². The van der Waals surface area contributed by atoms with Gasteiger partial charge in [-0.25, -0.2) is 17.8 Å². The van der Waals surface area contributed by atoms with Crippen LogP contribution in [-0.4, -0.2) is 50.6 Å². The number of hydrogen-bond acceptors (Lipinski definition) is 6. The fourth-order valence-corrected chi connectivity index (χ4v) is 5.02. The molecule has 6 rings (SSSR count). The molecule has 0 radical (unpaired) electrons. The highest BCUT2D eigenvalue weighted by atomic mass is 32.2. The molecule has 184 valence electrons. The van der Waals surface area contributed by atoms with Gasteiger partial charge in [-0.3, -0.25) is 15.1 Å². The molecule has 2 N–H and O–H groups in total. The Morgan fingerprint density at radius 2 is 1.81 bits per heavy atom. The van der Waals surface area contributed by atoms with Crippen molar-refractivity contribution in [2.24, 2.45) is 0 Å². The molecule has 0 aliphatic rings. The van der Waals surface area contributed by atoms with E-state index in [1.807, 2.05) is 36.5 Å². The molecule has 8 nitrogen and oxygen atoms in total. The van der Waals surface area contributed by atoms with Gasteiger partial charge in [-0.15, -0.1) is 0 Å². The molecule has 6 aromatic rings. The van der Waals surface area contributed by atoms with Crippen LogP contribution < -0.4 is 0 Å². The van der Waals surface area contributed by atoms with Gasteiger partial charge in [0.25, 0.3) is 0 Å². The largest absolute Gasteiger partial charge is 0.335 e. The van der Waals surface area contributed by atoms with Crippen LogP contribution in [0.15, 0.2) is 73.3 Å². The number of aromatic nitrogens is 6. The van der Waals surface area contributed by atoms with Gasteiger partial charge in [0.05, 0.1) is 28.5 Å². The van der Waals surface area contributed by atoms with Gasteiger partial charge in [0.2, 0.25) is 0 Å². The van der Waals surface area contributed by atoms with E-state index in [1.165, 1.54) is 18.4 Å². The van der Waals surface area contributed by atoms with Gasteiger partial charge in [0.1, 0.15) is 21.3 Å². The molecule has 0 saturated heterocycles. The predicted octanol–water partition coefficient (Wildman–Crippen LogP) is 4.96. The van der Waals surface area contributed by atoms with E-state index in [0.29, 0.717) is 39.2 Å². The van der Waals surface area contributed by atoms with Crippen LogP contribution in [0.1, 0.15) is 5.56 Å². The normalized spacial score (nSPS) is 11.9. The summed E-state index contributed by atoms with van der Waals surface area (Å²) >= 11 is 0. The first kappa shape index (κ1) is 23.0. The number of sulfone groups is 1. The van der Waals surface area contributed by atoms with E-state index in [9.17, 15) is 12.8 Å². The number of imidazole rings is 1. The van der Waals surface area contributed by atoms with Gasteiger partial charge in [-0.1, -0.05) is 18.2 Å². The molecule has 0 spiro atoms. The molecule has 0 amide bonds. The molecular weight excluding hydrogens is 491 g/mol. The lowest BCUT2D eigenvalue weighted by Crippen LogP contribution is -2.06. The van der Waals surface area contributed by atoms with Crippen LogP contribution in [0.5, 0.6) is 0 Å². The molecule has 4 heterocycles. The number of pyridine rings is 2. The highest BCUT2D eigenvalue weighted by Crippen LogP contribution is 2.33. The molecule has 2 aromatic carbocycles. The van der Waals surface area contributed by atoms with Crippen molar-refractivity contribution in [1.82, 2.24) is 30.1 Å². The summed E-state index contributed by atoms with van der Waals surface area (Å²) in [6, 6.07) is 14.4. The second kappa shape index (κ2) is 8.90. The van der Waals surface area contributed by atoms with Crippen molar-refractivity contribution in [3.05, 3.63) is 84.7 Å². The Balaban J connectivity index is 1.44. The molecule has 0 fully saturated rings. The number of aromatic amines is 2. The van der Waals surface area contributed by atoms with Crippen LogP contribution in [0.25, 0.3) is 55.7 Å². The van der Waals surface area contributed by atoms with E-state index in [1.54, 1.807) is 24.7 Å². The van der Waals surface area contributed by atoms with Crippen LogP contribution in [0.2, 0.25) is 0 Å². The highest BCUT2D eigenvalue weighted by molar-refractivity contribution is 7.90. The molecule has 4 aromatic heterocycles. The van der Waals surface area contributed by atoms with Crippen molar-refractivity contribution in [2.45, 2.75) is 6.42 Å². The van der Waals surface area contributed by atoms with Crippen LogP contribution in [0.4, 0.5) is 4.39 Å². The number of fused-ring (bicyclic) bond motifs is 2. The van der Waals surface area contributed by atoms with E-state index >= 15 is 0 Å². The molecule has 0 aliphatic heterocycles. The molecule has 0 atom stereocenters. The summed E-state index contributed by atoms with van der Waals surface area (Å²) in [6.45, 7) is 0. The fraction of sp³-hybridized carbons (Fsp3) is 0.111. The Morgan fingerprint density at radius 3 is 2.62 bits per heavy atom. The maximum atomic E-state index is 14.5. The summed E-state index contributed by atoms with van der Waals surface area (Å²) in [7, 11) is -3.17. The number of H-pyrrole nitrogens is 2. The second-order valence-electron chi connectivity index (χ2n) is 8.97. The van der Waals surface area contributed by atoms with Crippen molar-refractivity contribution < 1.29 is 12.8 Å². The van der Waals surface area contributed by atoms with Crippen LogP contribution in [-0.2, 0) is 16.3 Å². The summed E-state index contributed by atoms with van der Waals surface area (Å²) in [5.74, 6) is 0.0422. The van der Waals surface area contributed by atoms with Crippen molar-refractivity contribution in [3.63, 3.8) is 0 Å². The fourth-order valence-electron chi connectivity index (χ4n) is 4.42. The predicted molar refractivity (Wildman–Crippen MR) is 141 cm³/mol. The minimum Gasteiger partial charge on any atom is -0.335 e. The number of nitrogens with one attached hydrogen (secondary N) is 2. The van der Waals surface area contributed by atoms with Gasteiger partial charge >= 0.3 is 0 Å². The number of halogens is 1. The third-order valence-electron chi connectivity index (χ3n) is 6.21. The first-order valence-corrected chi connectivity index (χ1v) is 13.6. The third-order valence-corrected chi connectivity index (χ3v) is 7.15. The lowest BCUT2D eigenvalue weighted by molar-refractivity contribution is 0.600. The van der Waals surface area contributed by atoms with Crippen LogP contribution >= 0.6 is 0 Å². The molecule has 10 heteroatoms. The Kier molecular flexibility index (Phi) is 5.53. The van der Waals surface area contributed by atoms with Gasteiger partial charge in [-0.05, 0) is 53.4 Å². The van der Waals surface area contributed by atoms with E-state index in [2.05, 4.69) is 25.1 Å². The van der Waals surface area contributed by atoms with Gasteiger partial charge in [-0.2, -0.15) is 5.10 Å². The second-order valence-corrected chi connectivity index (χ2v) is 11.2. The van der Waals surface area contributed by atoms with Gasteiger partial charge in [0, 0.05) is 41.4 Å². The maximum absolute atomic E-state index is 14.5. The molecule has 0 bridgehead atoms. The molecular formula is C27H21FN6O2S. The van der Waals surface area contributed by atoms with Crippen molar-refractivity contribution in [3.8, 4) is 33.8 Å². The first-order chi connectivity index (χ1) is 17.8. The van der Waals surface area contributed by atoms with E-state index in [-0.39, 0.29) is 12.2 Å². The summed E-state index contributed by atoms with van der Waals surface area (Å²) in [4.78, 5) is 16.6. The monoisotopic (exact) mass is 512 g/mol. The number of rotatable bonds is 6. The number of nitrogens with zero attached hydrogens (tertiary/aromatic N) is 4. The molecule has 0 unspecified atom stereocenters. The quantitative estimate of drug-likeness (QED) is 0.326. The average molecular weight is 513 g/mol. The van der Waals surface area contributed by atoms with E-state index in [4.69, 9.17) is 4.98 Å².